The second-order valence-electron chi connectivity index (χ2n) is 8.97. The summed E-state index contributed by atoms with van der Waals surface area (Å²) in [5.41, 5.74) is 6.52. The minimum Gasteiger partial charge on any atom is -0.302 e. The summed E-state index contributed by atoms with van der Waals surface area (Å²) in [6.07, 6.45) is 18.8. The van der Waals surface area contributed by atoms with E-state index in [4.69, 9.17) is 9.79 Å². The molecule has 0 fully saturated rings. The van der Waals surface area contributed by atoms with Crippen LogP contribution in [-0.2, 0) is 18.0 Å². The number of rotatable bonds is 17. The van der Waals surface area contributed by atoms with Crippen LogP contribution in [0.2, 0.25) is 0 Å². The van der Waals surface area contributed by atoms with Crippen molar-refractivity contribution in [1.29, 1.82) is 0 Å². The van der Waals surface area contributed by atoms with Crippen LogP contribution in [0.1, 0.15) is 92.9 Å². The summed E-state index contributed by atoms with van der Waals surface area (Å²) in [6, 6.07) is 0. The molecule has 0 saturated heterocycles. The molecule has 0 aromatic heterocycles. The van der Waals surface area contributed by atoms with Crippen LogP contribution < -0.4 is 0 Å². The van der Waals surface area contributed by atoms with Gasteiger partial charge in [-0.25, -0.2) is 9.13 Å². The molecule has 9 heteroatoms. The van der Waals surface area contributed by atoms with Crippen LogP contribution in [0, 0.1) is 0 Å². The predicted octanol–water partition coefficient (Wildman–Crippen LogP) is 8.08. The Hall–Kier alpha value is -1.04. The molecular formula is C25H44O7P2. The molecule has 0 spiro atoms. The van der Waals surface area contributed by atoms with E-state index in [1.54, 1.807) is 6.08 Å². The summed E-state index contributed by atoms with van der Waals surface area (Å²) in [7, 11) is -9.87. The van der Waals surface area contributed by atoms with E-state index >= 15 is 0 Å². The third kappa shape index (κ3) is 21.5. The Morgan fingerprint density at radius 1 is 0.618 bits per heavy atom. The molecule has 34 heavy (non-hydrogen) atoms. The fourth-order valence-corrected chi connectivity index (χ4v) is 4.59. The fraction of sp³-hybridized carbons (Fsp3) is 0.600. The smallest absolute Gasteiger partial charge is 0.302 e. The lowest BCUT2D eigenvalue weighted by Crippen LogP contribution is -1.94. The molecule has 7 nitrogen and oxygen atoms in total. The zero-order valence-electron chi connectivity index (χ0n) is 21.6. The highest BCUT2D eigenvalue weighted by atomic mass is 31.3. The van der Waals surface area contributed by atoms with Crippen LogP contribution in [0.5, 0.6) is 0 Å². The number of phosphoric ester groups is 1. The lowest BCUT2D eigenvalue weighted by molar-refractivity contribution is 0.191. The Kier molecular flexibility index (Phi) is 16.9. The quantitative estimate of drug-likeness (QED) is 0.132. The van der Waals surface area contributed by atoms with E-state index in [0.29, 0.717) is 0 Å². The van der Waals surface area contributed by atoms with Gasteiger partial charge in [-0.2, -0.15) is 4.31 Å². The average Bonchev–Trinajstić information content (AvgIpc) is 2.65. The van der Waals surface area contributed by atoms with Crippen molar-refractivity contribution in [1.82, 2.24) is 0 Å². The second-order valence-corrected chi connectivity index (χ2v) is 11.8. The van der Waals surface area contributed by atoms with Crippen molar-refractivity contribution < 1.29 is 32.6 Å². The van der Waals surface area contributed by atoms with E-state index in [2.05, 4.69) is 67.8 Å². The Labute approximate surface area is 206 Å². The third-order valence-electron chi connectivity index (χ3n) is 5.06. The highest BCUT2D eigenvalue weighted by Gasteiger charge is 2.31. The monoisotopic (exact) mass is 518 g/mol. The van der Waals surface area contributed by atoms with E-state index in [-0.39, 0.29) is 6.61 Å². The van der Waals surface area contributed by atoms with Gasteiger partial charge in [-0.3, -0.25) is 4.52 Å². The predicted molar refractivity (Wildman–Crippen MR) is 140 cm³/mol. The third-order valence-corrected chi connectivity index (χ3v) is 7.22. The molecule has 3 N–H and O–H groups in total. The standard InChI is InChI=1S/C25H44O7P2/c1-21(2)11-7-12-22(3)13-8-14-23(4)15-9-16-24(5)17-10-18-25(6)19-20-31-34(29,30)32-33(26,27)28/h11,13,15,17,19H,7-10,12,14,16,18,20H2,1-6H3,(H,29,30)(H2,26,27,28). The first-order valence-corrected chi connectivity index (χ1v) is 14.7. The van der Waals surface area contributed by atoms with Gasteiger partial charge in [0.1, 0.15) is 0 Å². The van der Waals surface area contributed by atoms with Crippen molar-refractivity contribution in [3.63, 3.8) is 0 Å². The normalized spacial score (nSPS) is 15.9. The maximum Gasteiger partial charge on any atom is 0.481 e. The van der Waals surface area contributed by atoms with Crippen LogP contribution in [0.15, 0.2) is 58.2 Å². The van der Waals surface area contributed by atoms with Gasteiger partial charge in [0.05, 0.1) is 6.61 Å². The summed E-state index contributed by atoms with van der Waals surface area (Å²) >= 11 is 0. The molecule has 196 valence electrons. The number of hydrogen-bond acceptors (Lipinski definition) is 4. The van der Waals surface area contributed by atoms with Crippen molar-refractivity contribution in [2.24, 2.45) is 0 Å². The summed E-state index contributed by atoms with van der Waals surface area (Å²) in [4.78, 5) is 26.4. The molecule has 0 amide bonds. The van der Waals surface area contributed by atoms with Gasteiger partial charge in [-0.15, -0.1) is 0 Å². The number of allylic oxidation sites excluding steroid dienone is 9. The lowest BCUT2D eigenvalue weighted by atomic mass is 10.0. The van der Waals surface area contributed by atoms with Gasteiger partial charge in [-0.1, -0.05) is 58.2 Å². The van der Waals surface area contributed by atoms with Gasteiger partial charge in [0.25, 0.3) is 0 Å². The van der Waals surface area contributed by atoms with Gasteiger partial charge >= 0.3 is 15.6 Å². The lowest BCUT2D eigenvalue weighted by Gasteiger charge is -2.11. The topological polar surface area (TPSA) is 113 Å². The fourth-order valence-electron chi connectivity index (χ4n) is 3.07. The molecule has 0 rings (SSSR count). The van der Waals surface area contributed by atoms with Gasteiger partial charge in [-0.05, 0) is 92.9 Å². The number of phosphoric acid groups is 2. The first-order chi connectivity index (χ1) is 15.7. The Balaban J connectivity index is 4.22. The van der Waals surface area contributed by atoms with Gasteiger partial charge in [0, 0.05) is 0 Å². The molecule has 0 radical (unpaired) electrons. The van der Waals surface area contributed by atoms with E-state index < -0.39 is 15.6 Å². The molecule has 0 heterocycles. The first-order valence-electron chi connectivity index (χ1n) is 11.7. The summed E-state index contributed by atoms with van der Waals surface area (Å²) in [5, 5.41) is 0. The SMILES string of the molecule is CC(C)=CCCC(C)=CCCC(C)=CCCC(C)=CCCC(C)=CCOP(=O)(O)OP(=O)(O)O. The molecule has 1 unspecified atom stereocenters. The minimum absolute atomic E-state index is 0.267. The van der Waals surface area contributed by atoms with Gasteiger partial charge < -0.3 is 14.7 Å². The van der Waals surface area contributed by atoms with Crippen LogP contribution in [0.4, 0.5) is 0 Å². The molecule has 0 saturated carbocycles. The average molecular weight is 519 g/mol. The molecule has 0 aromatic carbocycles. The van der Waals surface area contributed by atoms with Crippen LogP contribution >= 0.6 is 15.6 Å². The van der Waals surface area contributed by atoms with Crippen LogP contribution in [-0.4, -0.2) is 21.3 Å². The second kappa shape index (κ2) is 17.4. The van der Waals surface area contributed by atoms with Crippen molar-refractivity contribution in [2.75, 3.05) is 6.61 Å². The maximum absolute atomic E-state index is 11.4. The maximum atomic E-state index is 11.4. The molecular weight excluding hydrogens is 474 g/mol. The molecule has 0 aliphatic heterocycles. The van der Waals surface area contributed by atoms with E-state index in [9.17, 15) is 14.0 Å². The summed E-state index contributed by atoms with van der Waals surface area (Å²) in [6.45, 7) is 12.4. The summed E-state index contributed by atoms with van der Waals surface area (Å²) in [5.74, 6) is 0. The van der Waals surface area contributed by atoms with E-state index in [1.165, 1.54) is 22.3 Å². The largest absolute Gasteiger partial charge is 0.481 e. The van der Waals surface area contributed by atoms with Crippen molar-refractivity contribution in [3.8, 4) is 0 Å². The molecule has 0 aliphatic rings. The minimum atomic E-state index is -5.09. The zero-order chi connectivity index (χ0) is 26.2. The van der Waals surface area contributed by atoms with Crippen molar-refractivity contribution in [3.05, 3.63) is 58.2 Å². The Morgan fingerprint density at radius 3 is 1.32 bits per heavy atom. The highest BCUT2D eigenvalue weighted by Crippen LogP contribution is 2.57. The number of hydrogen-bond donors (Lipinski definition) is 3. The molecule has 0 bridgehead atoms. The van der Waals surface area contributed by atoms with Crippen LogP contribution in [0.25, 0.3) is 0 Å². The first kappa shape index (κ1) is 33.0. The van der Waals surface area contributed by atoms with Crippen LogP contribution in [0.3, 0.4) is 0 Å². The summed E-state index contributed by atoms with van der Waals surface area (Å²) < 4.78 is 30.3. The molecule has 0 aromatic rings. The zero-order valence-corrected chi connectivity index (χ0v) is 23.4. The van der Waals surface area contributed by atoms with Crippen molar-refractivity contribution in [2.45, 2.75) is 92.9 Å². The van der Waals surface area contributed by atoms with Crippen molar-refractivity contribution >= 4 is 15.6 Å². The Bertz CT molecular complexity index is 856. The Morgan fingerprint density at radius 2 is 0.971 bits per heavy atom. The van der Waals surface area contributed by atoms with Gasteiger partial charge in [0.2, 0.25) is 0 Å². The van der Waals surface area contributed by atoms with E-state index in [0.717, 1.165) is 56.9 Å². The highest BCUT2D eigenvalue weighted by molar-refractivity contribution is 7.60. The molecule has 1 atom stereocenters. The van der Waals surface area contributed by atoms with E-state index in [1.807, 2.05) is 6.92 Å². The van der Waals surface area contributed by atoms with Gasteiger partial charge in [0.15, 0.2) is 0 Å². The molecule has 0 aliphatic carbocycles.